The molecule has 1 saturated carbocycles. The fourth-order valence-corrected chi connectivity index (χ4v) is 2.10. The summed E-state index contributed by atoms with van der Waals surface area (Å²) in [5.41, 5.74) is 0.551. The highest BCUT2D eigenvalue weighted by Gasteiger charge is 2.42. The lowest BCUT2D eigenvalue weighted by Crippen LogP contribution is -2.38. The summed E-state index contributed by atoms with van der Waals surface area (Å²) >= 11 is 0. The SMILES string of the molecule is CCCNCC(C)(C(C)C)C1CC1. The molecule has 1 nitrogen and oxygen atoms in total. The van der Waals surface area contributed by atoms with Crippen molar-refractivity contribution < 1.29 is 0 Å². The van der Waals surface area contributed by atoms with E-state index in [9.17, 15) is 0 Å². The summed E-state index contributed by atoms with van der Waals surface area (Å²) in [5.74, 6) is 1.81. The van der Waals surface area contributed by atoms with E-state index in [1.807, 2.05) is 0 Å². The number of rotatable bonds is 6. The molecule has 0 saturated heterocycles. The van der Waals surface area contributed by atoms with Crippen LogP contribution in [0.1, 0.15) is 47.0 Å². The quantitative estimate of drug-likeness (QED) is 0.624. The molecule has 1 rings (SSSR count). The average Bonchev–Trinajstić information content (AvgIpc) is 2.86. The maximum atomic E-state index is 3.58. The molecule has 0 amide bonds. The van der Waals surface area contributed by atoms with Gasteiger partial charge in [-0.15, -0.1) is 0 Å². The van der Waals surface area contributed by atoms with Gasteiger partial charge in [-0.1, -0.05) is 27.7 Å². The van der Waals surface area contributed by atoms with Crippen LogP contribution in [0.25, 0.3) is 0 Å². The molecule has 0 aromatic rings. The van der Waals surface area contributed by atoms with Gasteiger partial charge in [-0.2, -0.15) is 0 Å². The molecule has 0 spiro atoms. The largest absolute Gasteiger partial charge is 0.316 e. The van der Waals surface area contributed by atoms with Crippen LogP contribution in [-0.4, -0.2) is 13.1 Å². The molecule has 1 unspecified atom stereocenters. The van der Waals surface area contributed by atoms with Crippen LogP contribution in [0.5, 0.6) is 0 Å². The van der Waals surface area contributed by atoms with Crippen molar-refractivity contribution in [2.24, 2.45) is 17.3 Å². The Bertz CT molecular complexity index is 145. The summed E-state index contributed by atoms with van der Waals surface area (Å²) in [6, 6.07) is 0. The summed E-state index contributed by atoms with van der Waals surface area (Å²) in [5, 5.41) is 3.58. The minimum atomic E-state index is 0.551. The zero-order chi connectivity index (χ0) is 9.90. The molecule has 1 atom stereocenters. The second-order valence-corrected chi connectivity index (χ2v) is 5.11. The molecule has 1 aliphatic rings. The molecule has 0 radical (unpaired) electrons. The lowest BCUT2D eigenvalue weighted by atomic mass is 9.74. The Balaban J connectivity index is 2.37. The van der Waals surface area contributed by atoms with Gasteiger partial charge in [0.1, 0.15) is 0 Å². The standard InChI is InChI=1S/C12H25N/c1-5-8-13-9-12(4,10(2)3)11-6-7-11/h10-11,13H,5-9H2,1-4H3. The maximum Gasteiger partial charge on any atom is 0.00103 e. The minimum Gasteiger partial charge on any atom is -0.316 e. The van der Waals surface area contributed by atoms with Crippen molar-refractivity contribution in [2.75, 3.05) is 13.1 Å². The molecule has 1 N–H and O–H groups in total. The van der Waals surface area contributed by atoms with Crippen molar-refractivity contribution in [3.05, 3.63) is 0 Å². The lowest BCUT2D eigenvalue weighted by molar-refractivity contribution is 0.172. The van der Waals surface area contributed by atoms with Gasteiger partial charge in [0, 0.05) is 6.54 Å². The molecule has 78 valence electrons. The summed E-state index contributed by atoms with van der Waals surface area (Å²) in [4.78, 5) is 0. The van der Waals surface area contributed by atoms with Crippen LogP contribution >= 0.6 is 0 Å². The van der Waals surface area contributed by atoms with Crippen molar-refractivity contribution in [3.8, 4) is 0 Å². The van der Waals surface area contributed by atoms with Crippen molar-refractivity contribution in [3.63, 3.8) is 0 Å². The molecule has 0 bridgehead atoms. The van der Waals surface area contributed by atoms with E-state index in [0.29, 0.717) is 5.41 Å². The molecular formula is C12H25N. The van der Waals surface area contributed by atoms with Crippen molar-refractivity contribution in [2.45, 2.75) is 47.0 Å². The highest BCUT2D eigenvalue weighted by molar-refractivity contribution is 4.94. The second kappa shape index (κ2) is 4.45. The molecule has 1 heteroatoms. The lowest BCUT2D eigenvalue weighted by Gasteiger charge is -2.34. The topological polar surface area (TPSA) is 12.0 Å². The van der Waals surface area contributed by atoms with E-state index in [1.165, 1.54) is 32.4 Å². The fourth-order valence-electron chi connectivity index (χ4n) is 2.10. The Morgan fingerprint density at radius 2 is 2.00 bits per heavy atom. The Kier molecular flexibility index (Phi) is 3.78. The average molecular weight is 183 g/mol. The summed E-state index contributed by atoms with van der Waals surface area (Å²) < 4.78 is 0. The predicted molar refractivity (Wildman–Crippen MR) is 58.8 cm³/mol. The van der Waals surface area contributed by atoms with Crippen LogP contribution in [0.4, 0.5) is 0 Å². The summed E-state index contributed by atoms with van der Waals surface area (Å²) in [7, 11) is 0. The maximum absolute atomic E-state index is 3.58. The number of hydrogen-bond acceptors (Lipinski definition) is 1. The fraction of sp³-hybridized carbons (Fsp3) is 1.00. The zero-order valence-corrected chi connectivity index (χ0v) is 9.69. The highest BCUT2D eigenvalue weighted by atomic mass is 14.9. The van der Waals surface area contributed by atoms with Crippen molar-refractivity contribution in [1.29, 1.82) is 0 Å². The summed E-state index contributed by atoms with van der Waals surface area (Å²) in [6.45, 7) is 11.8. The Morgan fingerprint density at radius 1 is 1.38 bits per heavy atom. The molecule has 0 aromatic heterocycles. The van der Waals surface area contributed by atoms with E-state index in [2.05, 4.69) is 33.0 Å². The van der Waals surface area contributed by atoms with Crippen LogP contribution in [0.2, 0.25) is 0 Å². The van der Waals surface area contributed by atoms with Gasteiger partial charge in [-0.25, -0.2) is 0 Å². The zero-order valence-electron chi connectivity index (χ0n) is 9.69. The third-order valence-electron chi connectivity index (χ3n) is 3.76. The van der Waals surface area contributed by atoms with E-state index < -0.39 is 0 Å². The van der Waals surface area contributed by atoms with Gasteiger partial charge < -0.3 is 5.32 Å². The molecule has 0 heterocycles. The smallest absolute Gasteiger partial charge is 0.00103 e. The van der Waals surface area contributed by atoms with Gasteiger partial charge >= 0.3 is 0 Å². The van der Waals surface area contributed by atoms with E-state index >= 15 is 0 Å². The van der Waals surface area contributed by atoms with Gasteiger partial charge in [0.2, 0.25) is 0 Å². The van der Waals surface area contributed by atoms with Crippen LogP contribution < -0.4 is 5.32 Å². The first kappa shape index (κ1) is 11.0. The predicted octanol–water partition coefficient (Wildman–Crippen LogP) is 3.06. The van der Waals surface area contributed by atoms with Crippen molar-refractivity contribution in [1.82, 2.24) is 5.32 Å². The van der Waals surface area contributed by atoms with Gasteiger partial charge in [-0.3, -0.25) is 0 Å². The molecule has 1 fully saturated rings. The van der Waals surface area contributed by atoms with E-state index in [1.54, 1.807) is 0 Å². The third-order valence-corrected chi connectivity index (χ3v) is 3.76. The molecule has 0 aliphatic heterocycles. The van der Waals surface area contributed by atoms with Gasteiger partial charge in [0.15, 0.2) is 0 Å². The monoisotopic (exact) mass is 183 g/mol. The van der Waals surface area contributed by atoms with Crippen LogP contribution in [-0.2, 0) is 0 Å². The van der Waals surface area contributed by atoms with Crippen LogP contribution in [0.15, 0.2) is 0 Å². The molecule has 1 aliphatic carbocycles. The van der Waals surface area contributed by atoms with E-state index in [4.69, 9.17) is 0 Å². The number of nitrogens with one attached hydrogen (secondary N) is 1. The van der Waals surface area contributed by atoms with Crippen molar-refractivity contribution >= 4 is 0 Å². The Labute approximate surface area is 83.3 Å². The first-order valence-corrected chi connectivity index (χ1v) is 5.82. The number of hydrogen-bond donors (Lipinski definition) is 1. The molecule has 13 heavy (non-hydrogen) atoms. The normalized spacial score (nSPS) is 21.9. The van der Waals surface area contributed by atoms with E-state index in [-0.39, 0.29) is 0 Å². The molecule has 0 aromatic carbocycles. The minimum absolute atomic E-state index is 0.551. The Hall–Kier alpha value is -0.0400. The van der Waals surface area contributed by atoms with Crippen LogP contribution in [0, 0.1) is 17.3 Å². The molecular weight excluding hydrogens is 158 g/mol. The van der Waals surface area contributed by atoms with Gasteiger partial charge in [-0.05, 0) is 43.1 Å². The summed E-state index contributed by atoms with van der Waals surface area (Å²) in [6.07, 6.45) is 4.17. The first-order valence-electron chi connectivity index (χ1n) is 5.82. The first-order chi connectivity index (χ1) is 6.11. The third kappa shape index (κ3) is 2.70. The van der Waals surface area contributed by atoms with Crippen LogP contribution in [0.3, 0.4) is 0 Å². The van der Waals surface area contributed by atoms with Gasteiger partial charge in [0.25, 0.3) is 0 Å². The Morgan fingerprint density at radius 3 is 2.38 bits per heavy atom. The van der Waals surface area contributed by atoms with E-state index in [0.717, 1.165) is 11.8 Å². The van der Waals surface area contributed by atoms with Gasteiger partial charge in [0.05, 0.1) is 0 Å². The second-order valence-electron chi connectivity index (χ2n) is 5.11. The highest BCUT2D eigenvalue weighted by Crippen LogP contribution is 2.49.